The number of halogens is 2. The van der Waals surface area contributed by atoms with E-state index in [1.165, 1.54) is 0 Å². The largest absolute Gasteiger partial charge is 0.275 e. The summed E-state index contributed by atoms with van der Waals surface area (Å²) in [5.74, 6) is 0. The van der Waals surface area contributed by atoms with Crippen LogP contribution in [0.5, 0.6) is 0 Å². The molecule has 0 amide bonds. The fraction of sp³-hybridized carbons (Fsp3) is 0.500. The molecule has 0 saturated heterocycles. The van der Waals surface area contributed by atoms with Gasteiger partial charge in [0.2, 0.25) is 6.43 Å². The lowest BCUT2D eigenvalue weighted by molar-refractivity contribution is 0.149. The number of nitrogens with zero attached hydrogens (tertiary/aromatic N) is 4. The van der Waals surface area contributed by atoms with E-state index in [1.807, 2.05) is 27.7 Å². The Labute approximate surface area is 141 Å². The van der Waals surface area contributed by atoms with Gasteiger partial charge in [0.05, 0.1) is 17.5 Å². The minimum Gasteiger partial charge on any atom is -0.275 e. The van der Waals surface area contributed by atoms with Crippen LogP contribution in [0.4, 0.5) is 8.78 Å². The number of hydrogen-bond acceptors (Lipinski definition) is 3. The topological polar surface area (TPSA) is 54.5 Å². The Balaban J connectivity index is 2.91. The van der Waals surface area contributed by atoms with Gasteiger partial charge in [-0.15, -0.1) is 0 Å². The summed E-state index contributed by atoms with van der Waals surface area (Å²) >= 11 is 0. The quantitative estimate of drug-likeness (QED) is 0.849. The summed E-state index contributed by atoms with van der Waals surface area (Å²) in [6, 6.07) is 2.20. The number of aryl methyl sites for hydroxylation is 2. The van der Waals surface area contributed by atoms with E-state index in [9.17, 15) is 14.0 Å². The molecule has 2 aromatic rings. The van der Waals surface area contributed by atoms with Gasteiger partial charge in [0.15, 0.2) is 0 Å². The zero-order chi connectivity index (χ0) is 18.1. The fourth-order valence-electron chi connectivity index (χ4n) is 2.86. The summed E-state index contributed by atoms with van der Waals surface area (Å²) < 4.78 is 28.0. The van der Waals surface area contributed by atoms with Crippen molar-refractivity contribution in [1.82, 2.24) is 14.8 Å². The van der Waals surface area contributed by atoms with Gasteiger partial charge in [-0.1, -0.05) is 27.7 Å². The number of hydrogen-bond donors (Lipinski definition) is 0. The second kappa shape index (κ2) is 6.68. The number of alkyl halides is 2. The van der Waals surface area contributed by atoms with Gasteiger partial charge in [-0.05, 0) is 12.0 Å². The van der Waals surface area contributed by atoms with Crippen LogP contribution in [0, 0.1) is 11.3 Å². The number of rotatable bonds is 4. The normalized spacial score (nSPS) is 11.8. The van der Waals surface area contributed by atoms with Gasteiger partial charge in [-0.2, -0.15) is 10.4 Å². The first-order valence-electron chi connectivity index (χ1n) is 7.92. The summed E-state index contributed by atoms with van der Waals surface area (Å²) in [4.78, 5) is 4.60. The molecule has 0 unspecified atom stereocenters. The minimum absolute atomic E-state index is 0.364. The molecule has 0 fully saturated rings. The Morgan fingerprint density at radius 1 is 1.33 bits per heavy atom. The Hall–Kier alpha value is -2.29. The van der Waals surface area contributed by atoms with Crippen LogP contribution in [0.15, 0.2) is 12.4 Å². The highest BCUT2D eigenvalue weighted by Crippen LogP contribution is 2.36. The van der Waals surface area contributed by atoms with E-state index in [4.69, 9.17) is 0 Å². The van der Waals surface area contributed by atoms with E-state index in [-0.39, 0.29) is 5.41 Å². The van der Waals surface area contributed by atoms with E-state index < -0.39 is 12.8 Å². The molecule has 4 nitrogen and oxygen atoms in total. The molecule has 24 heavy (non-hydrogen) atoms. The van der Waals surface area contributed by atoms with Gasteiger partial charge in [0.1, 0.15) is 6.07 Å². The molecule has 2 heterocycles. The molecule has 0 aromatic carbocycles. The van der Waals surface area contributed by atoms with Crippen molar-refractivity contribution in [2.75, 3.05) is 0 Å². The summed E-state index contributed by atoms with van der Waals surface area (Å²) in [5, 5.41) is 13.9. The molecule has 2 aromatic heterocycles. The maximum Gasteiger partial charge on any atom is 0.242 e. The van der Waals surface area contributed by atoms with Crippen LogP contribution >= 0.6 is 0 Å². The summed E-state index contributed by atoms with van der Waals surface area (Å²) in [7, 11) is 1.76. The van der Waals surface area contributed by atoms with Crippen molar-refractivity contribution in [2.45, 2.75) is 52.4 Å². The zero-order valence-electron chi connectivity index (χ0n) is 14.7. The zero-order valence-corrected chi connectivity index (χ0v) is 14.7. The van der Waals surface area contributed by atoms with Crippen LogP contribution in [0.1, 0.15) is 50.2 Å². The summed E-state index contributed by atoms with van der Waals surface area (Å²) in [6.45, 7) is 7.79. The molecular formula is C18H22F2N4. The van der Waals surface area contributed by atoms with Crippen LogP contribution < -0.4 is 0 Å². The first kappa shape index (κ1) is 18.1. The second-order valence-electron chi connectivity index (χ2n) is 6.85. The predicted octanol–water partition coefficient (Wildman–Crippen LogP) is 4.02. The van der Waals surface area contributed by atoms with Gasteiger partial charge >= 0.3 is 0 Å². The highest BCUT2D eigenvalue weighted by Gasteiger charge is 2.28. The standard InChI is InChI=1S/C18H22F2N4/c1-6-14-12(7-15(19)20)16(11-9-22-24(5)10-11)13(8-21)17(23-14)18(2,3)4/h9-10,15H,6-7H2,1-5H3. The molecule has 128 valence electrons. The van der Waals surface area contributed by atoms with E-state index >= 15 is 0 Å². The van der Waals surface area contributed by atoms with E-state index in [0.29, 0.717) is 40.1 Å². The highest BCUT2D eigenvalue weighted by atomic mass is 19.3. The molecule has 0 N–H and O–H groups in total. The molecule has 0 bridgehead atoms. The summed E-state index contributed by atoms with van der Waals surface area (Å²) in [6.07, 6.45) is 0.969. The Morgan fingerprint density at radius 2 is 2.00 bits per heavy atom. The van der Waals surface area contributed by atoms with Crippen molar-refractivity contribution >= 4 is 0 Å². The van der Waals surface area contributed by atoms with Crippen LogP contribution in [0.3, 0.4) is 0 Å². The maximum absolute atomic E-state index is 13.2. The third kappa shape index (κ3) is 3.45. The van der Waals surface area contributed by atoms with Gasteiger partial charge in [0, 0.05) is 41.9 Å². The van der Waals surface area contributed by atoms with Gasteiger partial charge in [0.25, 0.3) is 0 Å². The lowest BCUT2D eigenvalue weighted by Gasteiger charge is -2.24. The minimum atomic E-state index is -2.50. The SMILES string of the molecule is CCc1nc(C(C)(C)C)c(C#N)c(-c2cnn(C)c2)c1CC(F)F. The van der Waals surface area contributed by atoms with Crippen LogP contribution in [0.2, 0.25) is 0 Å². The van der Waals surface area contributed by atoms with Crippen molar-refractivity contribution in [1.29, 1.82) is 5.26 Å². The monoisotopic (exact) mass is 332 g/mol. The highest BCUT2D eigenvalue weighted by molar-refractivity contribution is 5.75. The summed E-state index contributed by atoms with van der Waals surface area (Å²) in [5.41, 5.74) is 2.93. The van der Waals surface area contributed by atoms with Gasteiger partial charge in [-0.25, -0.2) is 8.78 Å². The molecular weight excluding hydrogens is 310 g/mol. The van der Waals surface area contributed by atoms with Gasteiger partial charge < -0.3 is 0 Å². The number of nitriles is 1. The maximum atomic E-state index is 13.2. The van der Waals surface area contributed by atoms with Crippen molar-refractivity contribution in [3.8, 4) is 17.2 Å². The third-order valence-corrected chi connectivity index (χ3v) is 3.89. The first-order chi connectivity index (χ1) is 11.2. The molecule has 0 aliphatic rings. The Kier molecular flexibility index (Phi) is 5.02. The fourth-order valence-corrected chi connectivity index (χ4v) is 2.86. The smallest absolute Gasteiger partial charge is 0.242 e. The number of pyridine rings is 1. The van der Waals surface area contributed by atoms with Crippen LogP contribution in [0.25, 0.3) is 11.1 Å². The Bertz CT molecular complexity index is 780. The Morgan fingerprint density at radius 3 is 2.42 bits per heavy atom. The third-order valence-electron chi connectivity index (χ3n) is 3.89. The average Bonchev–Trinajstić information content (AvgIpc) is 2.90. The first-order valence-corrected chi connectivity index (χ1v) is 7.92. The van der Waals surface area contributed by atoms with Crippen molar-refractivity contribution in [3.05, 3.63) is 34.9 Å². The molecule has 2 rings (SSSR count). The molecule has 0 spiro atoms. The molecule has 0 aliphatic heterocycles. The average molecular weight is 332 g/mol. The van der Waals surface area contributed by atoms with Gasteiger partial charge in [-0.3, -0.25) is 9.67 Å². The van der Waals surface area contributed by atoms with Crippen LogP contribution in [-0.4, -0.2) is 21.2 Å². The molecule has 0 aliphatic carbocycles. The lowest BCUT2D eigenvalue weighted by atomic mass is 9.83. The molecule has 6 heteroatoms. The van der Waals surface area contributed by atoms with Crippen molar-refractivity contribution in [2.24, 2.45) is 7.05 Å². The lowest BCUT2D eigenvalue weighted by Crippen LogP contribution is -2.20. The molecule has 0 atom stereocenters. The molecule has 0 radical (unpaired) electrons. The van der Waals surface area contributed by atoms with E-state index in [1.54, 1.807) is 24.1 Å². The van der Waals surface area contributed by atoms with E-state index in [2.05, 4.69) is 16.2 Å². The van der Waals surface area contributed by atoms with Crippen molar-refractivity contribution < 1.29 is 8.78 Å². The number of aromatic nitrogens is 3. The van der Waals surface area contributed by atoms with Crippen molar-refractivity contribution in [3.63, 3.8) is 0 Å². The molecule has 0 saturated carbocycles. The predicted molar refractivity (Wildman–Crippen MR) is 88.9 cm³/mol. The van der Waals surface area contributed by atoms with E-state index in [0.717, 1.165) is 0 Å². The van der Waals surface area contributed by atoms with Crippen LogP contribution in [-0.2, 0) is 25.3 Å². The second-order valence-corrected chi connectivity index (χ2v) is 6.85.